The molecule has 0 spiro atoms. The van der Waals surface area contributed by atoms with E-state index in [0.717, 1.165) is 0 Å². The molecule has 0 atom stereocenters. The van der Waals surface area contributed by atoms with Crippen LogP contribution in [0.1, 0.15) is 22.3 Å². The molecule has 10 heteroatoms. The minimum Gasteiger partial charge on any atom is -0.192 e. The van der Waals surface area contributed by atoms with Gasteiger partial charge in [0.1, 0.15) is 6.07 Å². The Balaban J connectivity index is 3.81. The third-order valence-electron chi connectivity index (χ3n) is 2.19. The summed E-state index contributed by atoms with van der Waals surface area (Å²) in [4.78, 5) is 0. The van der Waals surface area contributed by atoms with Crippen LogP contribution in [0.4, 0.5) is 39.5 Å². The first-order valence-electron chi connectivity index (χ1n) is 4.58. The molecule has 0 aromatic heterocycles. The van der Waals surface area contributed by atoms with E-state index in [0.29, 0.717) is 6.07 Å². The van der Waals surface area contributed by atoms with Gasteiger partial charge in [-0.25, -0.2) is 0 Å². The fourth-order valence-corrected chi connectivity index (χ4v) is 1.37. The van der Waals surface area contributed by atoms with Crippen LogP contribution in [0.3, 0.4) is 0 Å². The zero-order valence-corrected chi connectivity index (χ0v) is 9.00. The van der Waals surface area contributed by atoms with Gasteiger partial charge in [0.15, 0.2) is 0 Å². The molecule has 1 aromatic rings. The summed E-state index contributed by atoms with van der Waals surface area (Å²) >= 11 is 0. The monoisotopic (exact) mass is 307 g/mol. The highest BCUT2D eigenvalue weighted by Crippen LogP contribution is 2.43. The number of rotatable bonds is 0. The number of alkyl halides is 9. The maximum Gasteiger partial charge on any atom is 0.417 e. The highest BCUT2D eigenvalue weighted by molar-refractivity contribution is 5.50. The standard InChI is InChI=1S/C10H2F9N/c11-8(12,13)4-1-6(9(14,15)16)5(3-20)7(2-4)10(17,18)19/h1-2H. The first-order chi connectivity index (χ1) is 8.78. The van der Waals surface area contributed by atoms with E-state index < -0.39 is 52.9 Å². The molecule has 20 heavy (non-hydrogen) atoms. The molecule has 0 amide bonds. The zero-order chi connectivity index (χ0) is 15.9. The Morgan fingerprint density at radius 2 is 1.05 bits per heavy atom. The van der Waals surface area contributed by atoms with Gasteiger partial charge >= 0.3 is 18.5 Å². The largest absolute Gasteiger partial charge is 0.417 e. The van der Waals surface area contributed by atoms with E-state index in [1.54, 1.807) is 0 Å². The molecule has 1 aromatic carbocycles. The Hall–Kier alpha value is -1.92. The molecule has 0 bridgehead atoms. The van der Waals surface area contributed by atoms with E-state index in [1.165, 1.54) is 0 Å². The average Bonchev–Trinajstić information content (AvgIpc) is 2.23. The van der Waals surface area contributed by atoms with E-state index >= 15 is 0 Å². The lowest BCUT2D eigenvalue weighted by Gasteiger charge is -2.17. The van der Waals surface area contributed by atoms with Gasteiger partial charge in [0.05, 0.1) is 22.3 Å². The summed E-state index contributed by atoms with van der Waals surface area (Å²) < 4.78 is 112. The Labute approximate surface area is 105 Å². The van der Waals surface area contributed by atoms with Crippen LogP contribution in [0.2, 0.25) is 0 Å². The van der Waals surface area contributed by atoms with Gasteiger partial charge in [-0.1, -0.05) is 0 Å². The number of nitrogens with zero attached hydrogens (tertiary/aromatic N) is 1. The van der Waals surface area contributed by atoms with Crippen LogP contribution in [0, 0.1) is 11.3 Å². The van der Waals surface area contributed by atoms with Crippen LogP contribution >= 0.6 is 0 Å². The molecule has 0 saturated carbocycles. The lowest BCUT2D eigenvalue weighted by molar-refractivity contribution is -0.148. The van der Waals surface area contributed by atoms with Gasteiger partial charge in [-0.3, -0.25) is 0 Å². The maximum absolute atomic E-state index is 12.5. The lowest BCUT2D eigenvalue weighted by Crippen LogP contribution is -2.18. The Kier molecular flexibility index (Phi) is 3.69. The summed E-state index contributed by atoms with van der Waals surface area (Å²) in [6.45, 7) is 0. The van der Waals surface area contributed by atoms with E-state index in [9.17, 15) is 39.5 Å². The van der Waals surface area contributed by atoms with Crippen molar-refractivity contribution in [2.45, 2.75) is 18.5 Å². The molecule has 0 aliphatic rings. The lowest BCUT2D eigenvalue weighted by atomic mass is 9.97. The SMILES string of the molecule is N#Cc1c(C(F)(F)F)cc(C(F)(F)F)cc1C(F)(F)F. The predicted octanol–water partition coefficient (Wildman–Crippen LogP) is 4.61. The zero-order valence-electron chi connectivity index (χ0n) is 9.00. The second kappa shape index (κ2) is 4.57. The van der Waals surface area contributed by atoms with Gasteiger partial charge in [0.25, 0.3) is 0 Å². The Morgan fingerprint density at radius 1 is 0.700 bits per heavy atom. The van der Waals surface area contributed by atoms with E-state index in [4.69, 9.17) is 5.26 Å². The maximum atomic E-state index is 12.5. The summed E-state index contributed by atoms with van der Waals surface area (Å²) in [6, 6.07) is -0.392. The third kappa shape index (κ3) is 3.15. The van der Waals surface area contributed by atoms with Crippen LogP contribution in [0.5, 0.6) is 0 Å². The first-order valence-corrected chi connectivity index (χ1v) is 4.58. The summed E-state index contributed by atoms with van der Waals surface area (Å²) in [5.74, 6) is 0. The minimum atomic E-state index is -5.52. The van der Waals surface area contributed by atoms with Crippen LogP contribution < -0.4 is 0 Å². The second-order valence-corrected chi connectivity index (χ2v) is 3.55. The molecule has 110 valence electrons. The summed E-state index contributed by atoms with van der Waals surface area (Å²) in [6.07, 6.45) is -16.5. The highest BCUT2D eigenvalue weighted by atomic mass is 19.4. The molecular formula is C10H2F9N. The molecule has 1 nitrogen and oxygen atoms in total. The van der Waals surface area contributed by atoms with Crippen molar-refractivity contribution < 1.29 is 39.5 Å². The number of hydrogen-bond donors (Lipinski definition) is 0. The molecule has 0 radical (unpaired) electrons. The predicted molar refractivity (Wildman–Crippen MR) is 46.2 cm³/mol. The van der Waals surface area contributed by atoms with Crippen LogP contribution in [-0.2, 0) is 18.5 Å². The summed E-state index contributed by atoms with van der Waals surface area (Å²) in [5.41, 5.74) is -8.57. The summed E-state index contributed by atoms with van der Waals surface area (Å²) in [5, 5.41) is 8.39. The molecule has 0 heterocycles. The van der Waals surface area contributed by atoms with Gasteiger partial charge in [-0.05, 0) is 12.1 Å². The van der Waals surface area contributed by atoms with Crippen LogP contribution in [-0.4, -0.2) is 0 Å². The molecule has 0 saturated heterocycles. The Morgan fingerprint density at radius 3 is 1.25 bits per heavy atom. The average molecular weight is 307 g/mol. The van der Waals surface area contributed by atoms with Gasteiger partial charge in [0.2, 0.25) is 0 Å². The van der Waals surface area contributed by atoms with Crippen molar-refractivity contribution in [1.82, 2.24) is 0 Å². The van der Waals surface area contributed by atoms with Gasteiger partial charge in [0, 0.05) is 0 Å². The number of benzene rings is 1. The Bertz CT molecular complexity index is 521. The minimum absolute atomic E-state index is 0.520. The molecule has 0 fully saturated rings. The molecule has 1 rings (SSSR count). The third-order valence-corrected chi connectivity index (χ3v) is 2.19. The van der Waals surface area contributed by atoms with Gasteiger partial charge < -0.3 is 0 Å². The first kappa shape index (κ1) is 16.1. The molecule has 0 aliphatic carbocycles. The van der Waals surface area contributed by atoms with Gasteiger partial charge in [-0.15, -0.1) is 0 Å². The van der Waals surface area contributed by atoms with Crippen molar-refractivity contribution in [1.29, 1.82) is 5.26 Å². The smallest absolute Gasteiger partial charge is 0.192 e. The molecule has 0 aliphatic heterocycles. The van der Waals surface area contributed by atoms with Crippen LogP contribution in [0.15, 0.2) is 12.1 Å². The topological polar surface area (TPSA) is 23.8 Å². The number of halogens is 9. The quantitative estimate of drug-likeness (QED) is 0.642. The van der Waals surface area contributed by atoms with Crippen molar-refractivity contribution in [2.24, 2.45) is 0 Å². The van der Waals surface area contributed by atoms with Crippen LogP contribution in [0.25, 0.3) is 0 Å². The van der Waals surface area contributed by atoms with Crippen molar-refractivity contribution in [3.63, 3.8) is 0 Å². The van der Waals surface area contributed by atoms with Crippen molar-refractivity contribution in [3.05, 3.63) is 34.4 Å². The van der Waals surface area contributed by atoms with E-state index in [1.807, 2.05) is 0 Å². The van der Waals surface area contributed by atoms with Gasteiger partial charge in [-0.2, -0.15) is 44.8 Å². The molecule has 0 unspecified atom stereocenters. The van der Waals surface area contributed by atoms with E-state index in [2.05, 4.69) is 0 Å². The van der Waals surface area contributed by atoms with Crippen molar-refractivity contribution in [2.75, 3.05) is 0 Å². The number of nitriles is 1. The fraction of sp³-hybridized carbons (Fsp3) is 0.300. The number of hydrogen-bond acceptors (Lipinski definition) is 1. The van der Waals surface area contributed by atoms with Crippen molar-refractivity contribution in [3.8, 4) is 6.07 Å². The molecule has 0 N–H and O–H groups in total. The highest BCUT2D eigenvalue weighted by Gasteiger charge is 2.44. The molecular weight excluding hydrogens is 305 g/mol. The van der Waals surface area contributed by atoms with Crippen molar-refractivity contribution >= 4 is 0 Å². The fourth-order valence-electron chi connectivity index (χ4n) is 1.37. The summed E-state index contributed by atoms with van der Waals surface area (Å²) in [7, 11) is 0. The second-order valence-electron chi connectivity index (χ2n) is 3.55. The van der Waals surface area contributed by atoms with E-state index in [-0.39, 0.29) is 0 Å². The normalized spacial score (nSPS) is 13.2.